The highest BCUT2D eigenvalue weighted by Gasteiger charge is 2.30. The van der Waals surface area contributed by atoms with Crippen molar-refractivity contribution in [3.8, 4) is 0 Å². The molecule has 1 aromatic rings. The molecule has 1 heterocycles. The monoisotopic (exact) mass is 288 g/mol. The first-order valence-corrected chi connectivity index (χ1v) is 8.05. The van der Waals surface area contributed by atoms with Crippen molar-refractivity contribution in [2.45, 2.75) is 57.9 Å². The third-order valence-corrected chi connectivity index (χ3v) is 4.35. The summed E-state index contributed by atoms with van der Waals surface area (Å²) in [6.07, 6.45) is 4.30. The molecule has 116 valence electrons. The molecule has 0 spiro atoms. The van der Waals surface area contributed by atoms with E-state index in [1.54, 1.807) is 0 Å². The molecule has 0 radical (unpaired) electrons. The van der Waals surface area contributed by atoms with Crippen LogP contribution in [0.5, 0.6) is 0 Å². The van der Waals surface area contributed by atoms with Crippen LogP contribution >= 0.6 is 0 Å². The molecule has 21 heavy (non-hydrogen) atoms. The molecule has 1 aromatic carbocycles. The Balaban J connectivity index is 2.31. The number of hydrogen-bond donors (Lipinski definition) is 1. The van der Waals surface area contributed by atoms with Crippen LogP contribution in [-0.4, -0.2) is 29.9 Å². The lowest BCUT2D eigenvalue weighted by atomic mass is 9.83. The Morgan fingerprint density at radius 2 is 2.00 bits per heavy atom. The van der Waals surface area contributed by atoms with Gasteiger partial charge in [-0.25, -0.2) is 0 Å². The second-order valence-corrected chi connectivity index (χ2v) is 7.02. The minimum Gasteiger partial charge on any atom is -0.336 e. The fourth-order valence-corrected chi connectivity index (χ4v) is 3.24. The maximum atomic E-state index is 13.0. The van der Waals surface area contributed by atoms with E-state index in [1.807, 2.05) is 18.2 Å². The average molecular weight is 288 g/mol. The molecule has 1 amide bonds. The number of amides is 1. The van der Waals surface area contributed by atoms with Crippen LogP contribution in [0.1, 0.15) is 62.4 Å². The molecule has 0 aromatic heterocycles. The van der Waals surface area contributed by atoms with Crippen LogP contribution in [0, 0.1) is 0 Å². The van der Waals surface area contributed by atoms with Gasteiger partial charge in [-0.2, -0.15) is 0 Å². The van der Waals surface area contributed by atoms with Crippen molar-refractivity contribution in [3.05, 3.63) is 35.4 Å². The number of carbonyl (C=O) groups excluding carboxylic acids is 1. The van der Waals surface area contributed by atoms with Crippen LogP contribution in [0.3, 0.4) is 0 Å². The van der Waals surface area contributed by atoms with E-state index in [9.17, 15) is 4.79 Å². The molecule has 2 N–H and O–H groups in total. The zero-order chi connectivity index (χ0) is 15.5. The highest BCUT2D eigenvalue weighted by atomic mass is 16.2. The van der Waals surface area contributed by atoms with E-state index in [-0.39, 0.29) is 11.3 Å². The standard InChI is InChI=1S/C18H28N2O/c1-18(2,3)16-10-5-4-9-15(16)17(21)20-13-7-6-8-14(20)11-12-19/h4-5,9-10,14H,6-8,11-13,19H2,1-3H3. The van der Waals surface area contributed by atoms with Crippen molar-refractivity contribution in [1.82, 2.24) is 4.90 Å². The van der Waals surface area contributed by atoms with Gasteiger partial charge in [-0.3, -0.25) is 4.79 Å². The molecule has 3 nitrogen and oxygen atoms in total. The lowest BCUT2D eigenvalue weighted by Crippen LogP contribution is -2.45. The molecule has 2 rings (SSSR count). The molecule has 1 fully saturated rings. The first-order valence-electron chi connectivity index (χ1n) is 8.05. The summed E-state index contributed by atoms with van der Waals surface area (Å²) in [6, 6.07) is 8.34. The van der Waals surface area contributed by atoms with Crippen molar-refractivity contribution in [2.24, 2.45) is 5.73 Å². The van der Waals surface area contributed by atoms with Crippen LogP contribution in [0.2, 0.25) is 0 Å². The van der Waals surface area contributed by atoms with Crippen LogP contribution in [-0.2, 0) is 5.41 Å². The molecule has 0 saturated carbocycles. The lowest BCUT2D eigenvalue weighted by Gasteiger charge is -2.37. The quantitative estimate of drug-likeness (QED) is 0.927. The van der Waals surface area contributed by atoms with Gasteiger partial charge in [-0.1, -0.05) is 39.0 Å². The highest BCUT2D eigenvalue weighted by molar-refractivity contribution is 5.96. The zero-order valence-corrected chi connectivity index (χ0v) is 13.6. The van der Waals surface area contributed by atoms with Gasteiger partial charge in [0.05, 0.1) is 0 Å². The van der Waals surface area contributed by atoms with Gasteiger partial charge in [0.15, 0.2) is 0 Å². The van der Waals surface area contributed by atoms with E-state index in [0.717, 1.165) is 36.9 Å². The zero-order valence-electron chi connectivity index (χ0n) is 13.6. The number of nitrogens with two attached hydrogens (primary N) is 1. The van der Waals surface area contributed by atoms with Gasteiger partial charge in [0, 0.05) is 18.2 Å². The first kappa shape index (κ1) is 16.0. The SMILES string of the molecule is CC(C)(C)c1ccccc1C(=O)N1CCCCC1CCN. The van der Waals surface area contributed by atoms with Gasteiger partial charge < -0.3 is 10.6 Å². The number of hydrogen-bond acceptors (Lipinski definition) is 2. The molecule has 3 heteroatoms. The Hall–Kier alpha value is -1.35. The molecule has 0 aliphatic carbocycles. The predicted octanol–water partition coefficient (Wildman–Crippen LogP) is 3.33. The Bertz CT molecular complexity index is 488. The molecule has 1 saturated heterocycles. The van der Waals surface area contributed by atoms with Gasteiger partial charge in [0.2, 0.25) is 0 Å². The van der Waals surface area contributed by atoms with Crippen LogP contribution in [0.25, 0.3) is 0 Å². The summed E-state index contributed by atoms with van der Waals surface area (Å²) in [4.78, 5) is 15.1. The third-order valence-electron chi connectivity index (χ3n) is 4.35. The normalized spacial score (nSPS) is 19.6. The average Bonchev–Trinajstić information content (AvgIpc) is 2.46. The van der Waals surface area contributed by atoms with E-state index < -0.39 is 0 Å². The van der Waals surface area contributed by atoms with Gasteiger partial charge in [0.25, 0.3) is 5.91 Å². The third kappa shape index (κ3) is 3.65. The summed E-state index contributed by atoms with van der Waals surface area (Å²) >= 11 is 0. The fraction of sp³-hybridized carbons (Fsp3) is 0.611. The van der Waals surface area contributed by atoms with E-state index >= 15 is 0 Å². The van der Waals surface area contributed by atoms with E-state index in [0.29, 0.717) is 12.6 Å². The molecule has 1 unspecified atom stereocenters. The Labute approximate surface area is 128 Å². The van der Waals surface area contributed by atoms with E-state index in [1.165, 1.54) is 6.42 Å². The predicted molar refractivity (Wildman–Crippen MR) is 87.5 cm³/mol. The molecule has 0 bridgehead atoms. The van der Waals surface area contributed by atoms with Crippen molar-refractivity contribution >= 4 is 5.91 Å². The Kier molecular flexibility index (Phi) is 5.04. The van der Waals surface area contributed by atoms with Gasteiger partial charge >= 0.3 is 0 Å². The highest BCUT2D eigenvalue weighted by Crippen LogP contribution is 2.29. The maximum Gasteiger partial charge on any atom is 0.254 e. The van der Waals surface area contributed by atoms with E-state index in [2.05, 4.69) is 31.7 Å². The number of rotatable bonds is 3. The molecule has 1 aliphatic heterocycles. The number of piperidine rings is 1. The second-order valence-electron chi connectivity index (χ2n) is 7.02. The minimum atomic E-state index is -0.0224. The lowest BCUT2D eigenvalue weighted by molar-refractivity contribution is 0.0602. The summed E-state index contributed by atoms with van der Waals surface area (Å²) in [5.74, 6) is 0.179. The van der Waals surface area contributed by atoms with Gasteiger partial charge in [0.1, 0.15) is 0 Å². The first-order chi connectivity index (χ1) is 9.95. The van der Waals surface area contributed by atoms with Gasteiger partial charge in [-0.15, -0.1) is 0 Å². The fourth-order valence-electron chi connectivity index (χ4n) is 3.24. The van der Waals surface area contributed by atoms with Crippen molar-refractivity contribution in [2.75, 3.05) is 13.1 Å². The summed E-state index contributed by atoms with van der Waals surface area (Å²) in [6.45, 7) is 7.99. The van der Waals surface area contributed by atoms with E-state index in [4.69, 9.17) is 5.73 Å². The maximum absolute atomic E-state index is 13.0. The Morgan fingerprint density at radius 3 is 2.67 bits per heavy atom. The smallest absolute Gasteiger partial charge is 0.254 e. The number of carbonyl (C=O) groups is 1. The molecule has 1 aliphatic rings. The second kappa shape index (κ2) is 6.61. The minimum absolute atomic E-state index is 0.0224. The summed E-state index contributed by atoms with van der Waals surface area (Å²) in [5.41, 5.74) is 7.69. The van der Waals surface area contributed by atoms with Gasteiger partial charge in [-0.05, 0) is 49.3 Å². The van der Waals surface area contributed by atoms with Crippen molar-refractivity contribution < 1.29 is 4.79 Å². The molecular formula is C18H28N2O. The number of benzene rings is 1. The van der Waals surface area contributed by atoms with Crippen molar-refractivity contribution in [3.63, 3.8) is 0 Å². The number of nitrogens with zero attached hydrogens (tertiary/aromatic N) is 1. The summed E-state index contributed by atoms with van der Waals surface area (Å²) in [5, 5.41) is 0. The van der Waals surface area contributed by atoms with Crippen LogP contribution in [0.4, 0.5) is 0 Å². The Morgan fingerprint density at radius 1 is 1.29 bits per heavy atom. The summed E-state index contributed by atoms with van der Waals surface area (Å²) in [7, 11) is 0. The summed E-state index contributed by atoms with van der Waals surface area (Å²) < 4.78 is 0. The molecular weight excluding hydrogens is 260 g/mol. The number of likely N-dealkylation sites (tertiary alicyclic amines) is 1. The van der Waals surface area contributed by atoms with Crippen molar-refractivity contribution in [1.29, 1.82) is 0 Å². The largest absolute Gasteiger partial charge is 0.336 e. The van der Waals surface area contributed by atoms with Crippen LogP contribution in [0.15, 0.2) is 24.3 Å². The topological polar surface area (TPSA) is 46.3 Å². The molecule has 1 atom stereocenters. The van der Waals surface area contributed by atoms with Crippen LogP contribution < -0.4 is 5.73 Å².